The van der Waals surface area contributed by atoms with Gasteiger partial charge in [-0.05, 0) is 49.7 Å². The smallest absolute Gasteiger partial charge is 0.329 e. The lowest BCUT2D eigenvalue weighted by Gasteiger charge is -2.08. The maximum absolute atomic E-state index is 11.9. The molecule has 2 amide bonds. The molecule has 0 heterocycles. The molecule has 0 saturated heterocycles. The Kier molecular flexibility index (Phi) is 6.54. The molecule has 0 atom stereocenters. The van der Waals surface area contributed by atoms with Crippen molar-refractivity contribution in [2.75, 3.05) is 11.9 Å². The molecule has 2 aromatic carbocycles. The van der Waals surface area contributed by atoms with E-state index in [0.29, 0.717) is 28.6 Å². The summed E-state index contributed by atoms with van der Waals surface area (Å²) in [4.78, 5) is 23.7. The van der Waals surface area contributed by atoms with Crippen molar-refractivity contribution in [1.29, 1.82) is 0 Å². The Morgan fingerprint density at radius 2 is 1.96 bits per heavy atom. The molecule has 2 N–H and O–H groups in total. The molecular formula is C18H18ClN3O3. The van der Waals surface area contributed by atoms with E-state index in [9.17, 15) is 9.59 Å². The highest BCUT2D eigenvalue weighted by Crippen LogP contribution is 2.19. The number of carbonyl (C=O) groups excluding carboxylic acids is 2. The minimum Gasteiger partial charge on any atom is -0.493 e. The minimum absolute atomic E-state index is 0.509. The lowest BCUT2D eigenvalue weighted by atomic mass is 10.2. The van der Waals surface area contributed by atoms with Gasteiger partial charge in [-0.3, -0.25) is 9.59 Å². The molecule has 0 radical (unpaired) electrons. The Balaban J connectivity index is 1.96. The van der Waals surface area contributed by atoms with Crippen molar-refractivity contribution in [3.63, 3.8) is 0 Å². The van der Waals surface area contributed by atoms with Crippen LogP contribution in [-0.2, 0) is 9.59 Å². The van der Waals surface area contributed by atoms with Crippen molar-refractivity contribution >= 4 is 35.3 Å². The predicted molar refractivity (Wildman–Crippen MR) is 98.2 cm³/mol. The van der Waals surface area contributed by atoms with Gasteiger partial charge in [0.2, 0.25) is 0 Å². The van der Waals surface area contributed by atoms with Gasteiger partial charge in [-0.15, -0.1) is 0 Å². The number of ether oxygens (including phenoxy) is 1. The maximum Gasteiger partial charge on any atom is 0.329 e. The largest absolute Gasteiger partial charge is 0.493 e. The van der Waals surface area contributed by atoms with Crippen LogP contribution in [0.1, 0.15) is 18.1 Å². The fraction of sp³-hybridized carbons (Fsp3) is 0.167. The molecule has 7 heteroatoms. The van der Waals surface area contributed by atoms with Gasteiger partial charge in [0, 0.05) is 16.3 Å². The van der Waals surface area contributed by atoms with Crippen molar-refractivity contribution in [1.82, 2.24) is 5.43 Å². The summed E-state index contributed by atoms with van der Waals surface area (Å²) >= 11 is 5.86. The molecule has 6 nitrogen and oxygen atoms in total. The number of carbonyl (C=O) groups is 2. The van der Waals surface area contributed by atoms with Gasteiger partial charge in [-0.1, -0.05) is 23.7 Å². The molecule has 0 aliphatic rings. The van der Waals surface area contributed by atoms with Crippen molar-refractivity contribution in [3.8, 4) is 5.75 Å². The van der Waals surface area contributed by atoms with E-state index in [1.165, 1.54) is 6.21 Å². The van der Waals surface area contributed by atoms with Gasteiger partial charge in [0.15, 0.2) is 0 Å². The third-order valence-corrected chi connectivity index (χ3v) is 3.47. The fourth-order valence-corrected chi connectivity index (χ4v) is 2.26. The van der Waals surface area contributed by atoms with Crippen LogP contribution in [0.2, 0.25) is 5.02 Å². The maximum atomic E-state index is 11.9. The SMILES string of the molecule is CCOc1ccccc1/C=N\NC(=O)C(=O)Nc1ccc(Cl)cc1C. The molecule has 130 valence electrons. The molecule has 0 bridgehead atoms. The fourth-order valence-electron chi connectivity index (χ4n) is 2.03. The van der Waals surface area contributed by atoms with Crippen molar-refractivity contribution in [2.24, 2.45) is 5.10 Å². The van der Waals surface area contributed by atoms with Gasteiger partial charge in [0.25, 0.3) is 0 Å². The van der Waals surface area contributed by atoms with Crippen LogP contribution in [0.15, 0.2) is 47.6 Å². The third-order valence-electron chi connectivity index (χ3n) is 3.23. The number of halogens is 1. The zero-order valence-corrected chi connectivity index (χ0v) is 14.6. The lowest BCUT2D eigenvalue weighted by molar-refractivity contribution is -0.136. The van der Waals surface area contributed by atoms with E-state index in [1.807, 2.05) is 19.1 Å². The topological polar surface area (TPSA) is 79.8 Å². The zero-order chi connectivity index (χ0) is 18.2. The molecule has 2 rings (SSSR count). The van der Waals surface area contributed by atoms with E-state index in [-0.39, 0.29) is 0 Å². The minimum atomic E-state index is -0.875. The first-order chi connectivity index (χ1) is 12.0. The van der Waals surface area contributed by atoms with Gasteiger partial charge in [-0.2, -0.15) is 5.10 Å². The Morgan fingerprint density at radius 1 is 1.20 bits per heavy atom. The summed E-state index contributed by atoms with van der Waals surface area (Å²) in [5.41, 5.74) is 4.14. The van der Waals surface area contributed by atoms with Crippen LogP contribution in [0.3, 0.4) is 0 Å². The van der Waals surface area contributed by atoms with Crippen molar-refractivity contribution < 1.29 is 14.3 Å². The normalized spacial score (nSPS) is 10.5. The number of hydrogen-bond donors (Lipinski definition) is 2. The molecule has 0 saturated carbocycles. The van der Waals surface area contributed by atoms with Gasteiger partial charge < -0.3 is 10.1 Å². The molecule has 0 aromatic heterocycles. The quantitative estimate of drug-likeness (QED) is 0.489. The van der Waals surface area contributed by atoms with Gasteiger partial charge >= 0.3 is 11.8 Å². The monoisotopic (exact) mass is 359 g/mol. The number of para-hydroxylation sites is 1. The number of amides is 2. The van der Waals surface area contributed by atoms with E-state index in [2.05, 4.69) is 15.8 Å². The Morgan fingerprint density at radius 3 is 2.68 bits per heavy atom. The Labute approximate surface area is 150 Å². The lowest BCUT2D eigenvalue weighted by Crippen LogP contribution is -2.32. The first-order valence-electron chi connectivity index (χ1n) is 7.63. The van der Waals surface area contributed by atoms with E-state index in [0.717, 1.165) is 5.56 Å². The molecule has 0 unspecified atom stereocenters. The first kappa shape index (κ1) is 18.5. The highest BCUT2D eigenvalue weighted by Gasteiger charge is 2.14. The second-order valence-corrected chi connectivity index (χ2v) is 5.52. The number of hydrazone groups is 1. The average Bonchev–Trinajstić information content (AvgIpc) is 2.59. The molecule has 2 aromatic rings. The van der Waals surface area contributed by atoms with E-state index < -0.39 is 11.8 Å². The molecule has 0 aliphatic carbocycles. The van der Waals surface area contributed by atoms with Crippen LogP contribution < -0.4 is 15.5 Å². The number of anilines is 1. The Bertz CT molecular complexity index is 806. The van der Waals surface area contributed by atoms with Crippen LogP contribution in [0.25, 0.3) is 0 Å². The predicted octanol–water partition coefficient (Wildman–Crippen LogP) is 3.14. The second kappa shape index (κ2) is 8.84. The summed E-state index contributed by atoms with van der Waals surface area (Å²) in [6, 6.07) is 12.2. The Hall–Kier alpha value is -2.86. The second-order valence-electron chi connectivity index (χ2n) is 5.08. The number of nitrogens with one attached hydrogen (secondary N) is 2. The summed E-state index contributed by atoms with van der Waals surface area (Å²) in [5, 5.41) is 6.86. The van der Waals surface area contributed by atoms with Crippen LogP contribution in [0.5, 0.6) is 5.75 Å². The highest BCUT2D eigenvalue weighted by atomic mass is 35.5. The van der Waals surface area contributed by atoms with Crippen LogP contribution in [0, 0.1) is 6.92 Å². The number of aryl methyl sites for hydroxylation is 1. The van der Waals surface area contributed by atoms with Gasteiger partial charge in [0.05, 0.1) is 12.8 Å². The van der Waals surface area contributed by atoms with Crippen molar-refractivity contribution in [2.45, 2.75) is 13.8 Å². The molecule has 0 fully saturated rings. The van der Waals surface area contributed by atoms with E-state index in [1.54, 1.807) is 37.3 Å². The molecular weight excluding hydrogens is 342 g/mol. The molecule has 25 heavy (non-hydrogen) atoms. The standard InChI is InChI=1S/C18H18ClN3O3/c1-3-25-16-7-5-4-6-13(16)11-20-22-18(24)17(23)21-15-9-8-14(19)10-12(15)2/h4-11H,3H2,1-2H3,(H,21,23)(H,22,24)/b20-11-. The highest BCUT2D eigenvalue weighted by molar-refractivity contribution is 6.39. The van der Waals surface area contributed by atoms with Gasteiger partial charge in [-0.25, -0.2) is 5.43 Å². The number of nitrogens with zero attached hydrogens (tertiary/aromatic N) is 1. The summed E-state index contributed by atoms with van der Waals surface area (Å²) < 4.78 is 5.45. The van der Waals surface area contributed by atoms with E-state index in [4.69, 9.17) is 16.3 Å². The summed E-state index contributed by atoms with van der Waals surface area (Å²) in [6.07, 6.45) is 1.42. The summed E-state index contributed by atoms with van der Waals surface area (Å²) in [6.45, 7) is 4.17. The first-order valence-corrected chi connectivity index (χ1v) is 8.01. The number of rotatable bonds is 5. The van der Waals surface area contributed by atoms with Crippen LogP contribution >= 0.6 is 11.6 Å². The zero-order valence-electron chi connectivity index (χ0n) is 13.9. The number of benzene rings is 2. The summed E-state index contributed by atoms with van der Waals surface area (Å²) in [7, 11) is 0. The van der Waals surface area contributed by atoms with Crippen molar-refractivity contribution in [3.05, 3.63) is 58.6 Å². The van der Waals surface area contributed by atoms with Gasteiger partial charge in [0.1, 0.15) is 5.75 Å². The molecule has 0 spiro atoms. The third kappa shape index (κ3) is 5.32. The number of hydrogen-bond acceptors (Lipinski definition) is 4. The van der Waals surface area contributed by atoms with Crippen LogP contribution in [0.4, 0.5) is 5.69 Å². The van der Waals surface area contributed by atoms with E-state index >= 15 is 0 Å². The molecule has 0 aliphatic heterocycles. The van der Waals surface area contributed by atoms with Crippen LogP contribution in [-0.4, -0.2) is 24.6 Å². The summed E-state index contributed by atoms with van der Waals surface area (Å²) in [5.74, 6) is -1.05. The average molecular weight is 360 g/mol.